The van der Waals surface area contributed by atoms with Crippen molar-refractivity contribution in [3.05, 3.63) is 18.1 Å². The van der Waals surface area contributed by atoms with E-state index < -0.39 is 0 Å². The molecule has 0 bridgehead atoms. The largest absolute Gasteiger partial charge is 0.358 e. The van der Waals surface area contributed by atoms with E-state index in [1.165, 1.54) is 0 Å². The maximum Gasteiger partial charge on any atom is 0.146 e. The molecule has 0 saturated carbocycles. The van der Waals surface area contributed by atoms with Gasteiger partial charge < -0.3 is 10.2 Å². The highest BCUT2D eigenvalue weighted by Crippen LogP contribution is 2.06. The highest BCUT2D eigenvalue weighted by Gasteiger charge is 2.02. The smallest absolute Gasteiger partial charge is 0.146 e. The van der Waals surface area contributed by atoms with E-state index in [2.05, 4.69) is 41.0 Å². The summed E-state index contributed by atoms with van der Waals surface area (Å²) in [7, 11) is 2.05. The van der Waals surface area contributed by atoms with Crippen LogP contribution < -0.4 is 10.2 Å². The van der Waals surface area contributed by atoms with Crippen molar-refractivity contribution in [3.8, 4) is 0 Å². The van der Waals surface area contributed by atoms with Gasteiger partial charge in [-0.25, -0.2) is 4.98 Å². The molecule has 1 aromatic heterocycles. The molecule has 1 N–H and O–H groups in total. The molecule has 0 saturated heterocycles. The Morgan fingerprint density at radius 2 is 2.06 bits per heavy atom. The summed E-state index contributed by atoms with van der Waals surface area (Å²) in [6.45, 7) is 9.37. The third-order valence-corrected chi connectivity index (χ3v) is 2.50. The lowest BCUT2D eigenvalue weighted by atomic mass is 10.2. The number of hydrogen-bond acceptors (Lipinski definition) is 4. The van der Waals surface area contributed by atoms with Gasteiger partial charge in [0.15, 0.2) is 0 Å². The van der Waals surface area contributed by atoms with Crippen LogP contribution in [0.2, 0.25) is 0 Å². The molecule has 0 aromatic carbocycles. The summed E-state index contributed by atoms with van der Waals surface area (Å²) in [6.07, 6.45) is 4.83. The van der Waals surface area contributed by atoms with E-state index in [-0.39, 0.29) is 0 Å². The first-order valence-corrected chi connectivity index (χ1v) is 6.36. The molecular formula is C13H24N4. The fraction of sp³-hybridized carbons (Fsp3) is 0.692. The fourth-order valence-corrected chi connectivity index (χ4v) is 1.58. The molecule has 1 aromatic rings. The molecule has 0 spiro atoms. The molecule has 1 heterocycles. The number of aromatic nitrogens is 2. The van der Waals surface area contributed by atoms with Gasteiger partial charge in [-0.1, -0.05) is 20.8 Å². The summed E-state index contributed by atoms with van der Waals surface area (Å²) in [4.78, 5) is 11.0. The maximum absolute atomic E-state index is 4.42. The minimum absolute atomic E-state index is 0.665. The normalized spacial score (nSPS) is 10.9. The standard InChI is InChI=1S/C13H24N4/c1-5-6-17(4)13-10-15-12(9-16-13)8-14-7-11(2)3/h9-11,14H,5-8H2,1-4H3. The van der Waals surface area contributed by atoms with Crippen molar-refractivity contribution < 1.29 is 0 Å². The van der Waals surface area contributed by atoms with Crippen molar-refractivity contribution in [1.29, 1.82) is 0 Å². The van der Waals surface area contributed by atoms with Gasteiger partial charge in [0.2, 0.25) is 0 Å². The van der Waals surface area contributed by atoms with Crippen LogP contribution in [0.15, 0.2) is 12.4 Å². The molecule has 0 amide bonds. The van der Waals surface area contributed by atoms with E-state index in [4.69, 9.17) is 0 Å². The van der Waals surface area contributed by atoms with Crippen molar-refractivity contribution in [2.24, 2.45) is 5.92 Å². The van der Waals surface area contributed by atoms with Crippen molar-refractivity contribution in [2.75, 3.05) is 25.0 Å². The first-order chi connectivity index (χ1) is 8.13. The highest BCUT2D eigenvalue weighted by molar-refractivity contribution is 5.34. The summed E-state index contributed by atoms with van der Waals surface area (Å²) < 4.78 is 0. The van der Waals surface area contributed by atoms with Gasteiger partial charge in [0.05, 0.1) is 18.1 Å². The predicted molar refractivity (Wildman–Crippen MR) is 72.1 cm³/mol. The van der Waals surface area contributed by atoms with Crippen LogP contribution in [-0.4, -0.2) is 30.1 Å². The summed E-state index contributed by atoms with van der Waals surface area (Å²) in [6, 6.07) is 0. The zero-order valence-corrected chi connectivity index (χ0v) is 11.4. The predicted octanol–water partition coefficient (Wildman–Crippen LogP) is 2.07. The Kier molecular flexibility index (Phi) is 5.91. The van der Waals surface area contributed by atoms with Gasteiger partial charge in [-0.05, 0) is 18.9 Å². The Hall–Kier alpha value is -1.16. The number of hydrogen-bond donors (Lipinski definition) is 1. The van der Waals surface area contributed by atoms with Crippen molar-refractivity contribution >= 4 is 5.82 Å². The quantitative estimate of drug-likeness (QED) is 0.787. The highest BCUT2D eigenvalue weighted by atomic mass is 15.2. The second-order valence-electron chi connectivity index (χ2n) is 4.81. The minimum Gasteiger partial charge on any atom is -0.358 e. The van der Waals surface area contributed by atoms with Gasteiger partial charge in [0.25, 0.3) is 0 Å². The number of rotatable bonds is 7. The number of nitrogens with one attached hydrogen (secondary N) is 1. The van der Waals surface area contributed by atoms with E-state index >= 15 is 0 Å². The Bertz CT molecular complexity index is 308. The molecule has 0 aliphatic heterocycles. The van der Waals surface area contributed by atoms with Crippen LogP contribution in [0.4, 0.5) is 5.82 Å². The van der Waals surface area contributed by atoms with E-state index in [1.54, 1.807) is 0 Å². The molecule has 0 fully saturated rings. The molecule has 4 heteroatoms. The molecule has 0 atom stereocenters. The average Bonchev–Trinajstić information content (AvgIpc) is 2.30. The Labute approximate surface area is 104 Å². The van der Waals surface area contributed by atoms with Crippen LogP contribution in [0.3, 0.4) is 0 Å². The van der Waals surface area contributed by atoms with Crippen LogP contribution in [0.5, 0.6) is 0 Å². The average molecular weight is 236 g/mol. The third kappa shape index (κ3) is 5.13. The van der Waals surface area contributed by atoms with E-state index in [0.29, 0.717) is 5.92 Å². The lowest BCUT2D eigenvalue weighted by Gasteiger charge is -2.16. The van der Waals surface area contributed by atoms with Crippen LogP contribution in [0, 0.1) is 5.92 Å². The topological polar surface area (TPSA) is 41.1 Å². The van der Waals surface area contributed by atoms with Crippen molar-refractivity contribution in [1.82, 2.24) is 15.3 Å². The molecule has 1 rings (SSSR count). The molecule has 0 aliphatic rings. The fourth-order valence-electron chi connectivity index (χ4n) is 1.58. The van der Waals surface area contributed by atoms with Gasteiger partial charge in [-0.15, -0.1) is 0 Å². The van der Waals surface area contributed by atoms with Gasteiger partial charge in [0.1, 0.15) is 5.82 Å². The zero-order valence-electron chi connectivity index (χ0n) is 11.4. The lowest BCUT2D eigenvalue weighted by Crippen LogP contribution is -2.21. The molecule has 0 radical (unpaired) electrons. The Balaban J connectivity index is 2.44. The molecular weight excluding hydrogens is 212 g/mol. The summed E-state index contributed by atoms with van der Waals surface area (Å²) in [5, 5.41) is 3.36. The van der Waals surface area contributed by atoms with E-state index in [1.807, 2.05) is 19.4 Å². The SMILES string of the molecule is CCCN(C)c1cnc(CNCC(C)C)cn1. The molecule has 96 valence electrons. The Morgan fingerprint density at radius 1 is 1.29 bits per heavy atom. The first kappa shape index (κ1) is 13.9. The molecule has 4 nitrogen and oxygen atoms in total. The van der Waals surface area contributed by atoms with Crippen LogP contribution in [-0.2, 0) is 6.54 Å². The van der Waals surface area contributed by atoms with Crippen molar-refractivity contribution in [2.45, 2.75) is 33.7 Å². The number of nitrogens with zero attached hydrogens (tertiary/aromatic N) is 3. The second kappa shape index (κ2) is 7.22. The van der Waals surface area contributed by atoms with Crippen molar-refractivity contribution in [3.63, 3.8) is 0 Å². The van der Waals surface area contributed by atoms with Gasteiger partial charge in [0, 0.05) is 20.1 Å². The summed E-state index contributed by atoms with van der Waals surface area (Å²) >= 11 is 0. The summed E-state index contributed by atoms with van der Waals surface area (Å²) in [5.41, 5.74) is 0.999. The van der Waals surface area contributed by atoms with Crippen LogP contribution in [0.1, 0.15) is 32.9 Å². The van der Waals surface area contributed by atoms with Gasteiger partial charge in [-0.2, -0.15) is 0 Å². The maximum atomic E-state index is 4.42. The monoisotopic (exact) mass is 236 g/mol. The van der Waals surface area contributed by atoms with E-state index in [9.17, 15) is 0 Å². The second-order valence-corrected chi connectivity index (χ2v) is 4.81. The Morgan fingerprint density at radius 3 is 2.59 bits per heavy atom. The zero-order chi connectivity index (χ0) is 12.7. The minimum atomic E-state index is 0.665. The third-order valence-electron chi connectivity index (χ3n) is 2.50. The lowest BCUT2D eigenvalue weighted by molar-refractivity contribution is 0.547. The number of anilines is 1. The van der Waals surface area contributed by atoms with E-state index in [0.717, 1.165) is 37.6 Å². The molecule has 0 aliphatic carbocycles. The molecule has 17 heavy (non-hydrogen) atoms. The first-order valence-electron chi connectivity index (χ1n) is 6.36. The van der Waals surface area contributed by atoms with Gasteiger partial charge >= 0.3 is 0 Å². The van der Waals surface area contributed by atoms with Crippen LogP contribution in [0.25, 0.3) is 0 Å². The molecule has 0 unspecified atom stereocenters. The summed E-state index contributed by atoms with van der Waals surface area (Å²) in [5.74, 6) is 1.61. The van der Waals surface area contributed by atoms with Crippen LogP contribution >= 0.6 is 0 Å². The van der Waals surface area contributed by atoms with Gasteiger partial charge in [-0.3, -0.25) is 4.98 Å².